The molecule has 1 aromatic carbocycles. The molecule has 0 spiro atoms. The standard InChI is InChI=1S/C17H19NO/c1-2-6-15-9-16-12-19-13-17(10-15)18(16)11-14-7-4-3-5-8-14/h1,3-8,16-17H,9-13H2. The van der Waals surface area contributed by atoms with Gasteiger partial charge in [-0.15, -0.1) is 6.42 Å². The molecule has 2 heterocycles. The van der Waals surface area contributed by atoms with Crippen LogP contribution < -0.4 is 0 Å². The molecule has 2 aliphatic heterocycles. The first-order chi connectivity index (χ1) is 9.36. The number of allylic oxidation sites excluding steroid dienone is 1. The molecule has 2 bridgehead atoms. The van der Waals surface area contributed by atoms with Gasteiger partial charge in [0.05, 0.1) is 13.2 Å². The van der Waals surface area contributed by atoms with E-state index in [-0.39, 0.29) is 0 Å². The van der Waals surface area contributed by atoms with Gasteiger partial charge in [0, 0.05) is 18.6 Å². The second-order valence-electron chi connectivity index (χ2n) is 5.38. The Morgan fingerprint density at radius 3 is 2.53 bits per heavy atom. The van der Waals surface area contributed by atoms with Crippen LogP contribution in [0.4, 0.5) is 0 Å². The molecule has 2 aliphatic rings. The molecule has 0 amide bonds. The molecule has 1 aromatic rings. The van der Waals surface area contributed by atoms with Crippen molar-refractivity contribution < 1.29 is 4.74 Å². The summed E-state index contributed by atoms with van der Waals surface area (Å²) in [6.07, 6.45) is 9.44. The van der Waals surface area contributed by atoms with E-state index in [1.54, 1.807) is 0 Å². The molecule has 0 aliphatic carbocycles. The molecule has 0 saturated carbocycles. The van der Waals surface area contributed by atoms with E-state index in [0.717, 1.165) is 32.6 Å². The number of fused-ring (bicyclic) bond motifs is 2. The van der Waals surface area contributed by atoms with Gasteiger partial charge in [-0.1, -0.05) is 41.8 Å². The molecule has 0 radical (unpaired) electrons. The van der Waals surface area contributed by atoms with Gasteiger partial charge in [-0.05, 0) is 24.5 Å². The molecule has 2 saturated heterocycles. The Morgan fingerprint density at radius 2 is 1.89 bits per heavy atom. The Bertz CT molecular complexity index is 484. The third-order valence-corrected chi connectivity index (χ3v) is 4.05. The highest BCUT2D eigenvalue weighted by Gasteiger charge is 2.36. The quantitative estimate of drug-likeness (QED) is 0.751. The SMILES string of the molecule is C#CC=C1CC2COCC(C1)N2Cc1ccccc1. The van der Waals surface area contributed by atoms with Crippen molar-refractivity contribution in [2.45, 2.75) is 31.5 Å². The summed E-state index contributed by atoms with van der Waals surface area (Å²) in [7, 11) is 0. The fraction of sp³-hybridized carbons (Fsp3) is 0.412. The zero-order valence-corrected chi connectivity index (χ0v) is 11.1. The predicted molar refractivity (Wildman–Crippen MR) is 76.5 cm³/mol. The number of morpholine rings is 1. The van der Waals surface area contributed by atoms with Gasteiger partial charge in [0.1, 0.15) is 0 Å². The van der Waals surface area contributed by atoms with Crippen molar-refractivity contribution >= 4 is 0 Å². The molecule has 98 valence electrons. The fourth-order valence-corrected chi connectivity index (χ4v) is 3.16. The fourth-order valence-electron chi connectivity index (χ4n) is 3.16. The summed E-state index contributed by atoms with van der Waals surface area (Å²) in [6, 6.07) is 11.6. The number of nitrogens with zero attached hydrogens (tertiary/aromatic N) is 1. The zero-order chi connectivity index (χ0) is 13.1. The molecule has 2 unspecified atom stereocenters. The number of hydrogen-bond donors (Lipinski definition) is 0. The van der Waals surface area contributed by atoms with Gasteiger partial charge in [-0.25, -0.2) is 0 Å². The molecule has 0 aromatic heterocycles. The van der Waals surface area contributed by atoms with E-state index in [1.165, 1.54) is 11.1 Å². The van der Waals surface area contributed by atoms with Crippen molar-refractivity contribution in [3.05, 3.63) is 47.5 Å². The van der Waals surface area contributed by atoms with Crippen molar-refractivity contribution in [1.82, 2.24) is 4.90 Å². The Morgan fingerprint density at radius 1 is 1.21 bits per heavy atom. The monoisotopic (exact) mass is 253 g/mol. The van der Waals surface area contributed by atoms with Gasteiger partial charge in [-0.3, -0.25) is 4.90 Å². The molecule has 0 N–H and O–H groups in total. The van der Waals surface area contributed by atoms with Crippen molar-refractivity contribution in [3.63, 3.8) is 0 Å². The molecule has 3 rings (SSSR count). The summed E-state index contributed by atoms with van der Waals surface area (Å²) in [5, 5.41) is 0. The van der Waals surface area contributed by atoms with Crippen molar-refractivity contribution in [2.24, 2.45) is 0 Å². The van der Waals surface area contributed by atoms with Gasteiger partial charge < -0.3 is 4.74 Å². The van der Waals surface area contributed by atoms with E-state index in [2.05, 4.69) is 41.2 Å². The second-order valence-corrected chi connectivity index (χ2v) is 5.38. The highest BCUT2D eigenvalue weighted by atomic mass is 16.5. The molecule has 19 heavy (non-hydrogen) atoms. The van der Waals surface area contributed by atoms with Crippen molar-refractivity contribution in [1.29, 1.82) is 0 Å². The van der Waals surface area contributed by atoms with Crippen LogP contribution in [0.2, 0.25) is 0 Å². The van der Waals surface area contributed by atoms with E-state index >= 15 is 0 Å². The number of terminal acetylenes is 1. The number of hydrogen-bond acceptors (Lipinski definition) is 2. The largest absolute Gasteiger partial charge is 0.378 e. The first-order valence-corrected chi connectivity index (χ1v) is 6.88. The third kappa shape index (κ3) is 2.73. The summed E-state index contributed by atoms with van der Waals surface area (Å²) in [6.45, 7) is 2.67. The minimum absolute atomic E-state index is 0.479. The van der Waals surface area contributed by atoms with E-state index in [4.69, 9.17) is 11.2 Å². The molecule has 2 atom stereocenters. The van der Waals surface area contributed by atoms with Crippen LogP contribution in [0.1, 0.15) is 18.4 Å². The summed E-state index contributed by atoms with van der Waals surface area (Å²) < 4.78 is 5.71. The Balaban J connectivity index is 1.76. The lowest BCUT2D eigenvalue weighted by Crippen LogP contribution is -2.54. The smallest absolute Gasteiger partial charge is 0.0626 e. The van der Waals surface area contributed by atoms with Crippen LogP contribution in [-0.2, 0) is 11.3 Å². The average molecular weight is 253 g/mol. The van der Waals surface area contributed by atoms with Crippen LogP contribution in [0.5, 0.6) is 0 Å². The van der Waals surface area contributed by atoms with Crippen LogP contribution in [0.3, 0.4) is 0 Å². The van der Waals surface area contributed by atoms with E-state index in [9.17, 15) is 0 Å². The predicted octanol–water partition coefficient (Wildman–Crippen LogP) is 2.61. The summed E-state index contributed by atoms with van der Waals surface area (Å²) in [5.74, 6) is 2.67. The molecular formula is C17H19NO. The third-order valence-electron chi connectivity index (χ3n) is 4.05. The van der Waals surface area contributed by atoms with Crippen LogP contribution in [0.15, 0.2) is 42.0 Å². The normalized spacial score (nSPS) is 26.8. The maximum Gasteiger partial charge on any atom is 0.0626 e. The van der Waals surface area contributed by atoms with Gasteiger partial charge in [0.2, 0.25) is 0 Å². The van der Waals surface area contributed by atoms with Gasteiger partial charge in [0.25, 0.3) is 0 Å². The van der Waals surface area contributed by atoms with Crippen LogP contribution in [0, 0.1) is 12.3 Å². The number of ether oxygens (including phenoxy) is 1. The second kappa shape index (κ2) is 5.61. The maximum absolute atomic E-state index is 5.71. The lowest BCUT2D eigenvalue weighted by atomic mass is 9.89. The first-order valence-electron chi connectivity index (χ1n) is 6.88. The van der Waals surface area contributed by atoms with Crippen molar-refractivity contribution in [3.8, 4) is 12.3 Å². The Kier molecular flexibility index (Phi) is 3.68. The molecule has 2 heteroatoms. The minimum atomic E-state index is 0.479. The van der Waals surface area contributed by atoms with Gasteiger partial charge in [-0.2, -0.15) is 0 Å². The van der Waals surface area contributed by atoms with Gasteiger partial charge in [0.15, 0.2) is 0 Å². The summed E-state index contributed by atoms with van der Waals surface area (Å²) in [4.78, 5) is 2.59. The van der Waals surface area contributed by atoms with Gasteiger partial charge >= 0.3 is 0 Å². The zero-order valence-electron chi connectivity index (χ0n) is 11.1. The minimum Gasteiger partial charge on any atom is -0.378 e. The molecule has 2 nitrogen and oxygen atoms in total. The Labute approximate surface area is 115 Å². The number of rotatable bonds is 2. The van der Waals surface area contributed by atoms with Crippen LogP contribution >= 0.6 is 0 Å². The Hall–Kier alpha value is -1.56. The van der Waals surface area contributed by atoms with E-state index < -0.39 is 0 Å². The maximum atomic E-state index is 5.71. The lowest BCUT2D eigenvalue weighted by Gasteiger charge is -2.46. The van der Waals surface area contributed by atoms with Crippen LogP contribution in [-0.4, -0.2) is 30.2 Å². The average Bonchev–Trinajstić information content (AvgIpc) is 2.41. The van der Waals surface area contributed by atoms with Crippen molar-refractivity contribution in [2.75, 3.05) is 13.2 Å². The summed E-state index contributed by atoms with van der Waals surface area (Å²) in [5.41, 5.74) is 2.79. The topological polar surface area (TPSA) is 12.5 Å². The molecular weight excluding hydrogens is 234 g/mol. The van der Waals surface area contributed by atoms with E-state index in [0.29, 0.717) is 12.1 Å². The first kappa shape index (κ1) is 12.5. The highest BCUT2D eigenvalue weighted by Crippen LogP contribution is 2.32. The highest BCUT2D eigenvalue weighted by molar-refractivity contribution is 5.23. The number of benzene rings is 1. The van der Waals surface area contributed by atoms with Crippen LogP contribution in [0.25, 0.3) is 0 Å². The molecule has 2 fully saturated rings. The summed E-state index contributed by atoms with van der Waals surface area (Å²) >= 11 is 0. The van der Waals surface area contributed by atoms with E-state index in [1.807, 2.05) is 6.08 Å². The number of piperidine rings is 1. The lowest BCUT2D eigenvalue weighted by molar-refractivity contribution is -0.0655.